The van der Waals surface area contributed by atoms with Crippen molar-refractivity contribution in [3.8, 4) is 11.3 Å². The molecule has 6 nitrogen and oxygen atoms in total. The Morgan fingerprint density at radius 1 is 1.12 bits per heavy atom. The summed E-state index contributed by atoms with van der Waals surface area (Å²) in [6, 6.07) is 7.71. The Morgan fingerprint density at radius 3 is 2.34 bits per heavy atom. The minimum absolute atomic E-state index is 0.0672. The standard InChI is InChI=1S/C25H36N4O2S/c1-3-8-21(9-4-2)29(24(31)19-10-6-5-7-11-19)16-23(30)27-20-14-12-18(13-15-20)22-17-32-25(26)28-22/h12-15,17,19,21H,3-11,16H2,1-2H3,(H2,26,28)(H,27,30). The van der Waals surface area contributed by atoms with Gasteiger partial charge < -0.3 is 16.0 Å². The van der Waals surface area contributed by atoms with E-state index >= 15 is 0 Å². The lowest BCUT2D eigenvalue weighted by Crippen LogP contribution is -2.47. The molecule has 32 heavy (non-hydrogen) atoms. The molecule has 174 valence electrons. The van der Waals surface area contributed by atoms with Gasteiger partial charge in [0.25, 0.3) is 0 Å². The molecular formula is C25H36N4O2S. The lowest BCUT2D eigenvalue weighted by molar-refractivity contribution is -0.142. The summed E-state index contributed by atoms with van der Waals surface area (Å²) < 4.78 is 0. The van der Waals surface area contributed by atoms with Crippen LogP contribution in [0.4, 0.5) is 10.8 Å². The monoisotopic (exact) mass is 456 g/mol. The number of nitrogens with one attached hydrogen (secondary N) is 1. The van der Waals surface area contributed by atoms with Gasteiger partial charge in [0.15, 0.2) is 5.13 Å². The Kier molecular flexibility index (Phi) is 9.09. The molecule has 1 aliphatic rings. The predicted octanol–water partition coefficient (Wildman–Crippen LogP) is 5.71. The zero-order valence-electron chi connectivity index (χ0n) is 19.3. The zero-order chi connectivity index (χ0) is 22.9. The molecule has 0 atom stereocenters. The van der Waals surface area contributed by atoms with Crippen molar-refractivity contribution >= 4 is 34.0 Å². The van der Waals surface area contributed by atoms with Crippen molar-refractivity contribution in [3.05, 3.63) is 29.6 Å². The maximum Gasteiger partial charge on any atom is 0.244 e. The average molecular weight is 457 g/mol. The average Bonchev–Trinajstić information content (AvgIpc) is 3.24. The number of amides is 2. The van der Waals surface area contributed by atoms with Crippen LogP contribution in [0.3, 0.4) is 0 Å². The highest BCUT2D eigenvalue weighted by Gasteiger charge is 2.31. The van der Waals surface area contributed by atoms with Crippen LogP contribution in [0.1, 0.15) is 71.6 Å². The van der Waals surface area contributed by atoms with E-state index in [1.165, 1.54) is 17.8 Å². The lowest BCUT2D eigenvalue weighted by atomic mass is 9.87. The third-order valence-corrected chi connectivity index (χ3v) is 6.90. The van der Waals surface area contributed by atoms with Crippen molar-refractivity contribution in [3.63, 3.8) is 0 Å². The van der Waals surface area contributed by atoms with Crippen molar-refractivity contribution in [2.24, 2.45) is 5.92 Å². The maximum atomic E-state index is 13.4. The number of hydrogen-bond donors (Lipinski definition) is 2. The minimum atomic E-state index is -0.142. The molecule has 0 bridgehead atoms. The molecule has 7 heteroatoms. The molecule has 0 unspecified atom stereocenters. The largest absolute Gasteiger partial charge is 0.375 e. The van der Waals surface area contributed by atoms with Gasteiger partial charge in [0.1, 0.15) is 6.54 Å². The SMILES string of the molecule is CCCC(CCC)N(CC(=O)Nc1ccc(-c2csc(N)n2)cc1)C(=O)C1CCCCC1. The minimum Gasteiger partial charge on any atom is -0.375 e. The Balaban J connectivity index is 1.68. The van der Waals surface area contributed by atoms with E-state index in [-0.39, 0.29) is 30.3 Å². The smallest absolute Gasteiger partial charge is 0.244 e. The highest BCUT2D eigenvalue weighted by Crippen LogP contribution is 2.28. The maximum absolute atomic E-state index is 13.4. The first-order valence-electron chi connectivity index (χ1n) is 11.9. The van der Waals surface area contributed by atoms with Crippen LogP contribution in [0.25, 0.3) is 11.3 Å². The first kappa shape index (κ1) is 24.2. The van der Waals surface area contributed by atoms with Crippen LogP contribution >= 0.6 is 11.3 Å². The van der Waals surface area contributed by atoms with Gasteiger partial charge in [0.05, 0.1) is 5.69 Å². The van der Waals surface area contributed by atoms with Crippen molar-refractivity contribution in [2.45, 2.75) is 77.7 Å². The topological polar surface area (TPSA) is 88.3 Å². The van der Waals surface area contributed by atoms with Crippen molar-refractivity contribution < 1.29 is 9.59 Å². The van der Waals surface area contributed by atoms with E-state index in [9.17, 15) is 9.59 Å². The highest BCUT2D eigenvalue weighted by molar-refractivity contribution is 7.13. The number of carbonyl (C=O) groups excluding carboxylic acids is 2. The van der Waals surface area contributed by atoms with Gasteiger partial charge in [0, 0.05) is 28.6 Å². The molecule has 1 aromatic carbocycles. The Hall–Kier alpha value is -2.41. The van der Waals surface area contributed by atoms with Crippen molar-refractivity contribution in [1.29, 1.82) is 0 Å². The fraction of sp³-hybridized carbons (Fsp3) is 0.560. The summed E-state index contributed by atoms with van der Waals surface area (Å²) in [7, 11) is 0. The van der Waals surface area contributed by atoms with Crippen LogP contribution in [-0.4, -0.2) is 34.3 Å². The molecule has 2 aromatic rings. The molecule has 0 saturated heterocycles. The van der Waals surface area contributed by atoms with Gasteiger partial charge in [-0.1, -0.05) is 58.1 Å². The quantitative estimate of drug-likeness (QED) is 0.479. The third kappa shape index (κ3) is 6.55. The Labute approximate surface area is 195 Å². The van der Waals surface area contributed by atoms with Gasteiger partial charge >= 0.3 is 0 Å². The molecule has 1 saturated carbocycles. The molecule has 3 rings (SSSR count). The third-order valence-electron chi connectivity index (χ3n) is 6.22. The van der Waals surface area contributed by atoms with E-state index in [1.807, 2.05) is 34.5 Å². The number of aromatic nitrogens is 1. The van der Waals surface area contributed by atoms with E-state index in [1.54, 1.807) is 0 Å². The summed E-state index contributed by atoms with van der Waals surface area (Å²) in [5.74, 6) is 0.0952. The van der Waals surface area contributed by atoms with Crippen LogP contribution in [0.2, 0.25) is 0 Å². The molecule has 2 amide bonds. The number of rotatable bonds is 10. The first-order chi connectivity index (χ1) is 15.5. The summed E-state index contributed by atoms with van der Waals surface area (Å²) in [6.45, 7) is 4.40. The van der Waals surface area contributed by atoms with E-state index in [0.717, 1.165) is 68.3 Å². The lowest BCUT2D eigenvalue weighted by Gasteiger charge is -2.35. The van der Waals surface area contributed by atoms with E-state index in [4.69, 9.17) is 5.73 Å². The predicted molar refractivity (Wildman–Crippen MR) is 132 cm³/mol. The van der Waals surface area contributed by atoms with Crippen LogP contribution in [0.5, 0.6) is 0 Å². The second-order valence-electron chi connectivity index (χ2n) is 8.73. The van der Waals surface area contributed by atoms with E-state index < -0.39 is 0 Å². The van der Waals surface area contributed by atoms with Gasteiger partial charge in [-0.25, -0.2) is 4.98 Å². The van der Waals surface area contributed by atoms with Crippen LogP contribution < -0.4 is 11.1 Å². The molecule has 0 spiro atoms. The van der Waals surface area contributed by atoms with Gasteiger partial charge in [-0.15, -0.1) is 11.3 Å². The first-order valence-corrected chi connectivity index (χ1v) is 12.8. The van der Waals surface area contributed by atoms with Gasteiger partial charge in [-0.2, -0.15) is 0 Å². The number of nitrogens with zero attached hydrogens (tertiary/aromatic N) is 2. The summed E-state index contributed by atoms with van der Waals surface area (Å²) in [6.07, 6.45) is 9.21. The summed E-state index contributed by atoms with van der Waals surface area (Å²) in [4.78, 5) is 32.5. The van der Waals surface area contributed by atoms with Crippen molar-refractivity contribution in [2.75, 3.05) is 17.6 Å². The number of anilines is 2. The summed E-state index contributed by atoms with van der Waals surface area (Å²) >= 11 is 1.41. The summed E-state index contributed by atoms with van der Waals surface area (Å²) in [5, 5.41) is 5.43. The molecule has 1 aliphatic carbocycles. The van der Waals surface area contributed by atoms with Gasteiger partial charge in [0.2, 0.25) is 11.8 Å². The molecule has 1 aromatic heterocycles. The van der Waals surface area contributed by atoms with E-state index in [2.05, 4.69) is 24.1 Å². The van der Waals surface area contributed by atoms with Crippen LogP contribution in [0.15, 0.2) is 29.6 Å². The Bertz CT molecular complexity index is 868. The van der Waals surface area contributed by atoms with Crippen molar-refractivity contribution in [1.82, 2.24) is 9.88 Å². The van der Waals surface area contributed by atoms with Gasteiger partial charge in [-0.3, -0.25) is 9.59 Å². The molecule has 0 radical (unpaired) electrons. The Morgan fingerprint density at radius 2 is 1.78 bits per heavy atom. The number of thiazole rings is 1. The zero-order valence-corrected chi connectivity index (χ0v) is 20.1. The van der Waals surface area contributed by atoms with E-state index in [0.29, 0.717) is 5.13 Å². The van der Waals surface area contributed by atoms with Crippen LogP contribution in [-0.2, 0) is 9.59 Å². The second-order valence-corrected chi connectivity index (χ2v) is 9.62. The fourth-order valence-electron chi connectivity index (χ4n) is 4.59. The number of nitrogen functional groups attached to an aromatic ring is 1. The number of carbonyl (C=O) groups is 2. The molecule has 1 fully saturated rings. The second kappa shape index (κ2) is 12.0. The van der Waals surface area contributed by atoms with Crippen LogP contribution in [0, 0.1) is 5.92 Å². The number of nitrogens with two attached hydrogens (primary N) is 1. The summed E-state index contributed by atoms with van der Waals surface area (Å²) in [5.41, 5.74) is 8.22. The highest BCUT2D eigenvalue weighted by atomic mass is 32.1. The fourth-order valence-corrected chi connectivity index (χ4v) is 5.17. The molecule has 1 heterocycles. The normalized spacial score (nSPS) is 14.5. The number of hydrogen-bond acceptors (Lipinski definition) is 5. The molecular weight excluding hydrogens is 420 g/mol. The number of benzene rings is 1. The van der Waals surface area contributed by atoms with Gasteiger partial charge in [-0.05, 0) is 37.8 Å². The molecule has 0 aliphatic heterocycles. The molecule has 3 N–H and O–H groups in total.